The summed E-state index contributed by atoms with van der Waals surface area (Å²) in [7, 11) is 1.28. The Morgan fingerprint density at radius 3 is 1.93 bits per heavy atom. The van der Waals surface area contributed by atoms with Gasteiger partial charge < -0.3 is 24.3 Å². The lowest BCUT2D eigenvalue weighted by molar-refractivity contribution is -0.275. The topological polar surface area (TPSA) is 66.0 Å². The molecule has 15 heteroatoms. The Balaban J connectivity index is 2.36. The number of rotatable bonds is 8. The van der Waals surface area contributed by atoms with Crippen molar-refractivity contribution in [1.29, 1.82) is 0 Å². The third kappa shape index (κ3) is 8.45. The number of carbonyl (C=O) groups excluding carboxylic acids is 1. The Bertz CT molecular complexity index is 1460. The number of alkyl halides is 9. The molecular formula is C28H24Cl3F6NO5. The van der Waals surface area contributed by atoms with E-state index in [0.717, 1.165) is 18.2 Å². The van der Waals surface area contributed by atoms with Crippen LogP contribution >= 0.6 is 34.8 Å². The van der Waals surface area contributed by atoms with E-state index >= 15 is 0 Å². The molecule has 0 aliphatic heterocycles. The second-order valence-corrected chi connectivity index (χ2v) is 12.0. The number of hydrogen-bond donors (Lipinski definition) is 1. The van der Waals surface area contributed by atoms with Gasteiger partial charge in [0.15, 0.2) is 5.60 Å². The lowest BCUT2D eigenvalue weighted by atomic mass is 9.82. The van der Waals surface area contributed by atoms with E-state index in [1.54, 1.807) is 6.07 Å². The first-order chi connectivity index (χ1) is 19.7. The van der Waals surface area contributed by atoms with E-state index < -0.39 is 45.2 Å². The SMILES string of the molecule is COc1ccccc1-c1c(OC(F)(F)F)cccc1C(C)(OC(=O)NC(C)(C)C(Cl)(Cl)Cl)c1cccc(OC(F)(F)F)c1. The van der Waals surface area contributed by atoms with Crippen molar-refractivity contribution < 1.29 is 50.1 Å². The summed E-state index contributed by atoms with van der Waals surface area (Å²) in [6.07, 6.45) is -11.5. The zero-order valence-corrected chi connectivity index (χ0v) is 25.1. The standard InChI is InChI=1S/C28H24Cl3F6NO5/c1-24(2,26(29,30)31)38-23(39)43-25(3,16-9-7-10-17(15-16)41-27(32,33)34)19-12-8-14-21(42-28(35,36)37)22(19)18-11-5-6-13-20(18)40-4/h5-15H,1-4H3,(H,38,39). The lowest BCUT2D eigenvalue weighted by Crippen LogP contribution is -2.54. The number of methoxy groups -OCH3 is 1. The Hall–Kier alpha value is -3.22. The van der Waals surface area contributed by atoms with Crippen molar-refractivity contribution in [3.63, 3.8) is 0 Å². The molecule has 0 radical (unpaired) electrons. The molecule has 6 nitrogen and oxygen atoms in total. The quantitative estimate of drug-likeness (QED) is 0.191. The van der Waals surface area contributed by atoms with Crippen LogP contribution in [0.25, 0.3) is 11.1 Å². The van der Waals surface area contributed by atoms with Crippen LogP contribution in [0.4, 0.5) is 31.1 Å². The van der Waals surface area contributed by atoms with Gasteiger partial charge in [-0.25, -0.2) is 4.79 Å². The highest BCUT2D eigenvalue weighted by atomic mass is 35.6. The molecule has 0 spiro atoms. The molecule has 3 aromatic carbocycles. The van der Waals surface area contributed by atoms with E-state index in [1.807, 2.05) is 0 Å². The third-order valence-electron chi connectivity index (χ3n) is 6.18. The molecule has 1 N–H and O–H groups in total. The van der Waals surface area contributed by atoms with E-state index in [9.17, 15) is 31.1 Å². The van der Waals surface area contributed by atoms with E-state index in [1.165, 1.54) is 70.3 Å². The molecule has 3 rings (SSSR count). The normalized spacial score (nSPS) is 14.0. The van der Waals surface area contributed by atoms with Gasteiger partial charge in [0.25, 0.3) is 0 Å². The molecule has 234 valence electrons. The van der Waals surface area contributed by atoms with Crippen LogP contribution in [0.2, 0.25) is 0 Å². The Labute approximate surface area is 257 Å². The molecule has 3 aromatic rings. The van der Waals surface area contributed by atoms with Crippen molar-refractivity contribution in [3.05, 3.63) is 77.9 Å². The smallest absolute Gasteiger partial charge is 0.496 e. The number of benzene rings is 3. The van der Waals surface area contributed by atoms with Crippen LogP contribution in [0.15, 0.2) is 66.7 Å². The second-order valence-electron chi connectivity index (χ2n) is 9.67. The summed E-state index contributed by atoms with van der Waals surface area (Å²) in [4.78, 5) is 13.3. The van der Waals surface area contributed by atoms with Crippen molar-refractivity contribution in [2.45, 2.75) is 48.4 Å². The van der Waals surface area contributed by atoms with Crippen LogP contribution < -0.4 is 19.5 Å². The van der Waals surface area contributed by atoms with Crippen LogP contribution in [-0.4, -0.2) is 35.3 Å². The van der Waals surface area contributed by atoms with Crippen molar-refractivity contribution in [2.75, 3.05) is 7.11 Å². The maximum atomic E-state index is 13.6. The first-order valence-electron chi connectivity index (χ1n) is 12.1. The molecule has 0 aliphatic carbocycles. The van der Waals surface area contributed by atoms with E-state index in [-0.39, 0.29) is 28.0 Å². The van der Waals surface area contributed by atoms with Gasteiger partial charge in [0.2, 0.25) is 3.79 Å². The van der Waals surface area contributed by atoms with E-state index in [0.29, 0.717) is 0 Å². The maximum absolute atomic E-state index is 13.6. The van der Waals surface area contributed by atoms with Gasteiger partial charge in [-0.2, -0.15) is 0 Å². The number of carbonyl (C=O) groups is 1. The first-order valence-corrected chi connectivity index (χ1v) is 13.3. The number of nitrogens with one attached hydrogen (secondary N) is 1. The van der Waals surface area contributed by atoms with Gasteiger partial charge in [-0.05, 0) is 45.0 Å². The largest absolute Gasteiger partial charge is 0.573 e. The summed E-state index contributed by atoms with van der Waals surface area (Å²) in [5.41, 5.74) is -4.10. The van der Waals surface area contributed by atoms with Gasteiger partial charge in [0, 0.05) is 22.3 Å². The molecule has 0 saturated heterocycles. The first kappa shape index (κ1) is 34.3. The number of halogens is 9. The average molecular weight is 675 g/mol. The molecule has 0 heterocycles. The predicted octanol–water partition coefficient (Wildman–Crippen LogP) is 9.30. The predicted molar refractivity (Wildman–Crippen MR) is 149 cm³/mol. The third-order valence-corrected chi connectivity index (χ3v) is 7.60. The van der Waals surface area contributed by atoms with Crippen LogP contribution in [0, 0.1) is 0 Å². The molecule has 0 aliphatic rings. The van der Waals surface area contributed by atoms with Gasteiger partial charge in [-0.1, -0.05) is 77.3 Å². The minimum atomic E-state index is -5.15. The molecule has 1 unspecified atom stereocenters. The summed E-state index contributed by atoms with van der Waals surface area (Å²) in [5, 5.41) is 2.37. The summed E-state index contributed by atoms with van der Waals surface area (Å²) in [6.45, 7) is 3.97. The maximum Gasteiger partial charge on any atom is 0.573 e. The van der Waals surface area contributed by atoms with Crippen LogP contribution in [0.5, 0.6) is 17.2 Å². The molecule has 43 heavy (non-hydrogen) atoms. The molecular weight excluding hydrogens is 651 g/mol. The van der Waals surface area contributed by atoms with Crippen LogP contribution in [0.1, 0.15) is 31.9 Å². The Morgan fingerprint density at radius 2 is 1.35 bits per heavy atom. The molecule has 1 atom stereocenters. The van der Waals surface area contributed by atoms with Gasteiger partial charge in [0.05, 0.1) is 12.6 Å². The molecule has 0 aromatic heterocycles. The minimum Gasteiger partial charge on any atom is -0.496 e. The number of ether oxygens (including phenoxy) is 4. The van der Waals surface area contributed by atoms with Gasteiger partial charge in [0.1, 0.15) is 17.2 Å². The molecule has 0 saturated carbocycles. The monoisotopic (exact) mass is 673 g/mol. The van der Waals surface area contributed by atoms with E-state index in [4.69, 9.17) is 44.3 Å². The van der Waals surface area contributed by atoms with Crippen molar-refractivity contribution in [2.24, 2.45) is 0 Å². The van der Waals surface area contributed by atoms with Crippen molar-refractivity contribution in [1.82, 2.24) is 5.32 Å². The van der Waals surface area contributed by atoms with E-state index in [2.05, 4.69) is 14.8 Å². The Kier molecular flexibility index (Phi) is 9.89. The highest BCUT2D eigenvalue weighted by molar-refractivity contribution is 6.68. The number of amides is 1. The zero-order valence-electron chi connectivity index (χ0n) is 22.8. The van der Waals surface area contributed by atoms with Crippen LogP contribution in [-0.2, 0) is 10.3 Å². The highest BCUT2D eigenvalue weighted by Gasteiger charge is 2.45. The summed E-state index contributed by atoms with van der Waals surface area (Å²) in [6, 6.07) is 13.9. The summed E-state index contributed by atoms with van der Waals surface area (Å²) < 4.78 is 97.5. The minimum absolute atomic E-state index is 0.0828. The summed E-state index contributed by atoms with van der Waals surface area (Å²) in [5.74, 6) is -1.29. The average Bonchev–Trinajstić information content (AvgIpc) is 2.85. The fourth-order valence-electron chi connectivity index (χ4n) is 4.06. The molecule has 1 amide bonds. The number of alkyl carbamates (subject to hydrolysis) is 1. The highest BCUT2D eigenvalue weighted by Crippen LogP contribution is 2.48. The zero-order chi connectivity index (χ0) is 32.4. The number of hydrogen-bond acceptors (Lipinski definition) is 5. The van der Waals surface area contributed by atoms with Gasteiger partial charge >= 0.3 is 18.8 Å². The van der Waals surface area contributed by atoms with Gasteiger partial charge in [-0.15, -0.1) is 26.3 Å². The fraction of sp³-hybridized carbons (Fsp3) is 0.321. The van der Waals surface area contributed by atoms with Crippen molar-refractivity contribution in [3.8, 4) is 28.4 Å². The van der Waals surface area contributed by atoms with Crippen molar-refractivity contribution >= 4 is 40.9 Å². The summed E-state index contributed by atoms with van der Waals surface area (Å²) >= 11 is 17.9. The van der Waals surface area contributed by atoms with Gasteiger partial charge in [-0.3, -0.25) is 0 Å². The van der Waals surface area contributed by atoms with Crippen LogP contribution in [0.3, 0.4) is 0 Å². The Morgan fingerprint density at radius 1 is 0.767 bits per heavy atom. The molecule has 0 bridgehead atoms. The fourth-order valence-corrected chi connectivity index (χ4v) is 4.21. The lowest BCUT2D eigenvalue weighted by Gasteiger charge is -2.37. The number of para-hydroxylation sites is 1. The second kappa shape index (κ2) is 12.4. The molecule has 0 fully saturated rings.